The average molecular weight is 371 g/mol. The lowest BCUT2D eigenvalue weighted by Gasteiger charge is -2.29. The van der Waals surface area contributed by atoms with Crippen molar-refractivity contribution < 1.29 is 27.4 Å². The van der Waals surface area contributed by atoms with E-state index in [0.717, 1.165) is 18.9 Å². The van der Waals surface area contributed by atoms with Crippen LogP contribution in [0.25, 0.3) is 0 Å². The van der Waals surface area contributed by atoms with Crippen molar-refractivity contribution in [3.63, 3.8) is 0 Å². The molecule has 1 N–H and O–H groups in total. The minimum Gasteiger partial charge on any atom is -0.378 e. The Morgan fingerprint density at radius 1 is 1.19 bits per heavy atom. The van der Waals surface area contributed by atoms with Crippen LogP contribution in [0.1, 0.15) is 12.8 Å². The summed E-state index contributed by atoms with van der Waals surface area (Å²) in [7, 11) is 0. The van der Waals surface area contributed by atoms with Crippen molar-refractivity contribution in [2.24, 2.45) is 11.8 Å². The predicted octanol–water partition coefficient (Wildman–Crippen LogP) is 2.21. The van der Waals surface area contributed by atoms with Gasteiger partial charge in [0.1, 0.15) is 5.82 Å². The monoisotopic (exact) mass is 371 g/mol. The largest absolute Gasteiger partial charge is 0.395 e. The van der Waals surface area contributed by atoms with E-state index < -0.39 is 36.1 Å². The van der Waals surface area contributed by atoms with Gasteiger partial charge >= 0.3 is 6.18 Å². The molecule has 3 saturated heterocycles. The number of anilines is 2. The number of carbonyl (C=O) groups excluding carboxylic acids is 1. The van der Waals surface area contributed by atoms with Gasteiger partial charge in [0.15, 0.2) is 0 Å². The van der Waals surface area contributed by atoms with Gasteiger partial charge < -0.3 is 19.7 Å². The second-order valence-electron chi connectivity index (χ2n) is 6.88. The lowest BCUT2D eigenvalue weighted by atomic mass is 9.78. The second kappa shape index (κ2) is 6.70. The highest BCUT2D eigenvalue weighted by molar-refractivity contribution is 5.93. The highest BCUT2D eigenvalue weighted by atomic mass is 19.4. The maximum absolute atomic E-state index is 13.3. The van der Waals surface area contributed by atoms with Gasteiger partial charge in [-0.25, -0.2) is 4.98 Å². The third kappa shape index (κ3) is 3.25. The summed E-state index contributed by atoms with van der Waals surface area (Å²) in [6, 6.07) is 3.41. The first-order valence-corrected chi connectivity index (χ1v) is 8.75. The maximum Gasteiger partial charge on any atom is 0.395 e. The van der Waals surface area contributed by atoms with Crippen LogP contribution in [0.4, 0.5) is 24.7 Å². The van der Waals surface area contributed by atoms with Gasteiger partial charge in [0.05, 0.1) is 49.1 Å². The van der Waals surface area contributed by atoms with Crippen molar-refractivity contribution in [3.05, 3.63) is 18.3 Å². The molecule has 3 fully saturated rings. The summed E-state index contributed by atoms with van der Waals surface area (Å²) in [5.74, 6) is -2.84. The molecule has 0 aliphatic carbocycles. The molecule has 26 heavy (non-hydrogen) atoms. The molecular formula is C17H20F3N3O3. The summed E-state index contributed by atoms with van der Waals surface area (Å²) in [5, 5.41) is 2.58. The number of hydrogen-bond acceptors (Lipinski definition) is 5. The van der Waals surface area contributed by atoms with Crippen LogP contribution in [-0.2, 0) is 14.3 Å². The summed E-state index contributed by atoms with van der Waals surface area (Å²) in [5.41, 5.74) is 0.385. The Morgan fingerprint density at radius 2 is 1.92 bits per heavy atom. The van der Waals surface area contributed by atoms with Crippen molar-refractivity contribution >= 4 is 17.4 Å². The van der Waals surface area contributed by atoms with Gasteiger partial charge in [-0.15, -0.1) is 0 Å². The van der Waals surface area contributed by atoms with E-state index in [1.54, 1.807) is 12.1 Å². The molecule has 0 saturated carbocycles. The Bertz CT molecular complexity index is 661. The number of carbonyl (C=O) groups is 1. The minimum absolute atomic E-state index is 0.356. The minimum atomic E-state index is -4.44. The van der Waals surface area contributed by atoms with Gasteiger partial charge in [0.25, 0.3) is 0 Å². The lowest BCUT2D eigenvalue weighted by Crippen LogP contribution is -2.44. The number of rotatable bonds is 3. The Hall–Kier alpha value is -1.87. The standard InChI is InChI=1S/C17H20F3N3O3/c18-17(19,20)15-12-3-2-11(26-12)14(15)16(24)22-10-1-4-13(21-9-10)23-5-7-25-8-6-23/h1,4,9,11-12,14-15H,2-3,5-8H2,(H,22,24). The average Bonchev–Trinajstić information content (AvgIpc) is 3.24. The number of pyridine rings is 1. The van der Waals surface area contributed by atoms with Crippen LogP contribution in [0, 0.1) is 11.8 Å². The quantitative estimate of drug-likeness (QED) is 0.883. The van der Waals surface area contributed by atoms with Crippen LogP contribution >= 0.6 is 0 Å². The van der Waals surface area contributed by atoms with Crippen LogP contribution in [0.3, 0.4) is 0 Å². The molecule has 3 aliphatic heterocycles. The fourth-order valence-electron chi connectivity index (χ4n) is 4.09. The number of ether oxygens (including phenoxy) is 2. The number of hydrogen-bond donors (Lipinski definition) is 1. The molecule has 1 aromatic rings. The van der Waals surface area contributed by atoms with E-state index in [9.17, 15) is 18.0 Å². The number of aromatic nitrogens is 1. The van der Waals surface area contributed by atoms with Crippen molar-refractivity contribution in [1.82, 2.24) is 4.98 Å². The molecule has 4 unspecified atom stereocenters. The number of fused-ring (bicyclic) bond motifs is 2. The molecular weight excluding hydrogens is 351 g/mol. The van der Waals surface area contributed by atoms with Crippen molar-refractivity contribution in [2.45, 2.75) is 31.2 Å². The molecule has 6 nitrogen and oxygen atoms in total. The summed E-state index contributed by atoms with van der Waals surface area (Å²) in [6.07, 6.45) is -3.69. The number of amides is 1. The first-order chi connectivity index (χ1) is 12.4. The highest BCUT2D eigenvalue weighted by Crippen LogP contribution is 2.50. The van der Waals surface area contributed by atoms with E-state index in [1.807, 2.05) is 0 Å². The maximum atomic E-state index is 13.3. The number of nitrogens with zero attached hydrogens (tertiary/aromatic N) is 2. The van der Waals surface area contributed by atoms with E-state index in [2.05, 4.69) is 15.2 Å². The zero-order valence-corrected chi connectivity index (χ0v) is 14.0. The van der Waals surface area contributed by atoms with Crippen LogP contribution in [0.2, 0.25) is 0 Å². The van der Waals surface area contributed by atoms with Gasteiger partial charge in [0.2, 0.25) is 5.91 Å². The zero-order valence-electron chi connectivity index (χ0n) is 14.0. The third-order valence-electron chi connectivity index (χ3n) is 5.30. The van der Waals surface area contributed by atoms with Crippen LogP contribution in [0.5, 0.6) is 0 Å². The van der Waals surface area contributed by atoms with Crippen LogP contribution in [0.15, 0.2) is 18.3 Å². The zero-order chi connectivity index (χ0) is 18.3. The number of nitrogens with one attached hydrogen (secondary N) is 1. The predicted molar refractivity (Wildman–Crippen MR) is 86.8 cm³/mol. The second-order valence-corrected chi connectivity index (χ2v) is 6.88. The van der Waals surface area contributed by atoms with Crippen molar-refractivity contribution in [1.29, 1.82) is 0 Å². The molecule has 1 amide bonds. The van der Waals surface area contributed by atoms with E-state index >= 15 is 0 Å². The molecule has 4 heterocycles. The number of morpholine rings is 1. The van der Waals surface area contributed by atoms with Gasteiger partial charge in [-0.1, -0.05) is 0 Å². The molecule has 142 valence electrons. The van der Waals surface area contributed by atoms with E-state index in [-0.39, 0.29) is 0 Å². The first kappa shape index (κ1) is 17.5. The van der Waals surface area contributed by atoms with E-state index in [1.165, 1.54) is 6.20 Å². The molecule has 0 spiro atoms. The molecule has 0 aromatic carbocycles. The fraction of sp³-hybridized carbons (Fsp3) is 0.647. The summed E-state index contributed by atoms with van der Waals surface area (Å²) in [6.45, 7) is 2.72. The summed E-state index contributed by atoms with van der Waals surface area (Å²) < 4.78 is 50.7. The van der Waals surface area contributed by atoms with Crippen LogP contribution in [-0.4, -0.2) is 55.6 Å². The van der Waals surface area contributed by atoms with Crippen molar-refractivity contribution in [2.75, 3.05) is 36.5 Å². The smallest absolute Gasteiger partial charge is 0.378 e. The molecule has 3 aliphatic rings. The SMILES string of the molecule is O=C(Nc1ccc(N2CCOCC2)nc1)C1C2CCC(O2)C1C(F)(F)F. The van der Waals surface area contributed by atoms with Crippen LogP contribution < -0.4 is 10.2 Å². The molecule has 1 aromatic heterocycles. The number of alkyl halides is 3. The Kier molecular flexibility index (Phi) is 4.52. The lowest BCUT2D eigenvalue weighted by molar-refractivity contribution is -0.196. The first-order valence-electron chi connectivity index (χ1n) is 8.75. The molecule has 4 rings (SSSR count). The van der Waals surface area contributed by atoms with Gasteiger partial charge in [-0.05, 0) is 25.0 Å². The van der Waals surface area contributed by atoms with E-state index in [4.69, 9.17) is 9.47 Å². The van der Waals surface area contributed by atoms with Crippen molar-refractivity contribution in [3.8, 4) is 0 Å². The Labute approximate surface area is 148 Å². The topological polar surface area (TPSA) is 63.7 Å². The Morgan fingerprint density at radius 3 is 2.58 bits per heavy atom. The molecule has 9 heteroatoms. The van der Waals surface area contributed by atoms with Gasteiger partial charge in [0, 0.05) is 13.1 Å². The normalized spacial score (nSPS) is 31.3. The molecule has 4 atom stereocenters. The fourth-order valence-corrected chi connectivity index (χ4v) is 4.09. The molecule has 2 bridgehead atoms. The summed E-state index contributed by atoms with van der Waals surface area (Å²) in [4.78, 5) is 18.9. The Balaban J connectivity index is 1.44. The van der Waals surface area contributed by atoms with Gasteiger partial charge in [-0.3, -0.25) is 4.79 Å². The van der Waals surface area contributed by atoms with E-state index in [0.29, 0.717) is 31.7 Å². The highest BCUT2D eigenvalue weighted by Gasteiger charge is 2.62. The number of halogens is 3. The molecule has 0 radical (unpaired) electrons. The summed E-state index contributed by atoms with van der Waals surface area (Å²) >= 11 is 0. The van der Waals surface area contributed by atoms with Gasteiger partial charge in [-0.2, -0.15) is 13.2 Å². The third-order valence-corrected chi connectivity index (χ3v) is 5.30.